The molecule has 23 heavy (non-hydrogen) atoms. The van der Waals surface area contributed by atoms with Gasteiger partial charge in [-0.2, -0.15) is 0 Å². The van der Waals surface area contributed by atoms with Crippen LogP contribution in [-0.2, 0) is 0 Å². The van der Waals surface area contributed by atoms with Crippen LogP contribution < -0.4 is 10.4 Å². The van der Waals surface area contributed by atoms with Gasteiger partial charge in [0.05, 0.1) is 12.0 Å². The second-order valence-corrected chi connectivity index (χ2v) is 6.91. The van der Waals surface area contributed by atoms with Gasteiger partial charge in [0, 0.05) is 21.6 Å². The van der Waals surface area contributed by atoms with Gasteiger partial charge in [-0.25, -0.2) is 0 Å². The number of hydrogen-bond acceptors (Lipinski definition) is 3. The molecule has 0 saturated heterocycles. The van der Waals surface area contributed by atoms with E-state index < -0.39 is 5.97 Å². The van der Waals surface area contributed by atoms with Crippen LogP contribution in [0.1, 0.15) is 39.9 Å². The summed E-state index contributed by atoms with van der Waals surface area (Å²) in [4.78, 5) is 11.5. The number of allylic oxidation sites excluding steroid dienone is 2. The van der Waals surface area contributed by atoms with Crippen molar-refractivity contribution in [2.45, 2.75) is 18.4 Å². The van der Waals surface area contributed by atoms with Crippen molar-refractivity contribution in [1.82, 2.24) is 0 Å². The molecule has 1 aliphatic carbocycles. The Balaban J connectivity index is 1.87. The predicted octanol–water partition coefficient (Wildman–Crippen LogP) is 3.64. The zero-order chi connectivity index (χ0) is 16.0. The topological polar surface area (TPSA) is 52.2 Å². The van der Waals surface area contributed by atoms with Crippen LogP contribution in [-0.4, -0.2) is 5.97 Å². The molecule has 0 aromatic heterocycles. The van der Waals surface area contributed by atoms with Crippen LogP contribution in [0.3, 0.4) is 0 Å². The van der Waals surface area contributed by atoms with Crippen molar-refractivity contribution >= 4 is 27.6 Å². The number of rotatable bonds is 2. The molecular weight excluding hydrogens is 354 g/mol. The van der Waals surface area contributed by atoms with E-state index in [9.17, 15) is 9.90 Å². The molecule has 3 atom stereocenters. The average molecular weight is 369 g/mol. The number of anilines is 1. The third-order valence-electron chi connectivity index (χ3n) is 4.86. The molecule has 4 heteroatoms. The molecule has 2 aliphatic rings. The molecule has 0 amide bonds. The maximum Gasteiger partial charge on any atom is 0.0736 e. The molecule has 1 aliphatic heterocycles. The van der Waals surface area contributed by atoms with E-state index in [4.69, 9.17) is 0 Å². The van der Waals surface area contributed by atoms with Gasteiger partial charge in [0.15, 0.2) is 0 Å². The van der Waals surface area contributed by atoms with E-state index in [0.29, 0.717) is 11.6 Å². The Morgan fingerprint density at radius 2 is 1.91 bits per heavy atom. The molecule has 0 fully saturated rings. The van der Waals surface area contributed by atoms with Crippen LogP contribution >= 0.6 is 15.9 Å². The zero-order valence-corrected chi connectivity index (χ0v) is 13.9. The van der Waals surface area contributed by atoms with E-state index in [1.54, 1.807) is 12.1 Å². The van der Waals surface area contributed by atoms with Crippen molar-refractivity contribution in [3.8, 4) is 0 Å². The lowest BCUT2D eigenvalue weighted by atomic mass is 9.76. The predicted molar refractivity (Wildman–Crippen MR) is 91.3 cm³/mol. The Labute approximate surface area is 143 Å². The van der Waals surface area contributed by atoms with E-state index >= 15 is 0 Å². The fourth-order valence-electron chi connectivity index (χ4n) is 3.83. The first-order valence-corrected chi connectivity index (χ1v) is 8.48. The van der Waals surface area contributed by atoms with Gasteiger partial charge in [-0.05, 0) is 29.5 Å². The maximum atomic E-state index is 11.5. The molecule has 0 saturated carbocycles. The number of hydrogen-bond donors (Lipinski definition) is 1. The minimum absolute atomic E-state index is 0.0681. The molecule has 0 radical (unpaired) electrons. The molecule has 4 rings (SSSR count). The number of carbonyl (C=O) groups is 1. The van der Waals surface area contributed by atoms with E-state index in [0.717, 1.165) is 22.0 Å². The highest BCUT2D eigenvalue weighted by Gasteiger charge is 2.39. The number of carbonyl (C=O) groups excluding carboxylic acids is 1. The first kappa shape index (κ1) is 14.5. The minimum atomic E-state index is -1.14. The summed E-state index contributed by atoms with van der Waals surface area (Å²) >= 11 is 3.63. The van der Waals surface area contributed by atoms with Gasteiger partial charge < -0.3 is 15.2 Å². The van der Waals surface area contributed by atoms with Crippen molar-refractivity contribution in [1.29, 1.82) is 0 Å². The smallest absolute Gasteiger partial charge is 0.0736 e. The normalized spacial score (nSPS) is 24.7. The van der Waals surface area contributed by atoms with E-state index in [1.165, 1.54) is 0 Å². The van der Waals surface area contributed by atoms with Crippen LogP contribution in [0.15, 0.2) is 59.1 Å². The Morgan fingerprint density at radius 3 is 2.70 bits per heavy atom. The molecule has 0 bridgehead atoms. The van der Waals surface area contributed by atoms with Crippen molar-refractivity contribution < 1.29 is 9.90 Å². The summed E-state index contributed by atoms with van der Waals surface area (Å²) < 4.78 is 1.04. The number of nitrogens with one attached hydrogen (secondary N) is 1. The van der Waals surface area contributed by atoms with Crippen molar-refractivity contribution in [2.24, 2.45) is 5.92 Å². The summed E-state index contributed by atoms with van der Waals surface area (Å²) in [5.74, 6) is -0.512. The summed E-state index contributed by atoms with van der Waals surface area (Å²) in [7, 11) is 0. The summed E-state index contributed by atoms with van der Waals surface area (Å²) in [6.45, 7) is 0. The lowest BCUT2D eigenvalue weighted by molar-refractivity contribution is -0.254. The van der Waals surface area contributed by atoms with Crippen molar-refractivity contribution in [3.63, 3.8) is 0 Å². The molecule has 3 nitrogen and oxygen atoms in total. The maximum absolute atomic E-state index is 11.5. The second kappa shape index (κ2) is 5.53. The van der Waals surface area contributed by atoms with Crippen LogP contribution in [0.2, 0.25) is 0 Å². The lowest BCUT2D eigenvalue weighted by Gasteiger charge is -2.39. The molecule has 1 heterocycles. The first-order valence-electron chi connectivity index (χ1n) is 7.68. The molecule has 2 aromatic carbocycles. The van der Waals surface area contributed by atoms with E-state index in [1.807, 2.05) is 24.3 Å². The lowest BCUT2D eigenvalue weighted by Crippen LogP contribution is -2.32. The second-order valence-electron chi connectivity index (χ2n) is 6.05. The third kappa shape index (κ3) is 2.29. The standard InChI is InChI=1S/C19H16BrNO2/c20-16-10-2-1-5-14(16)17-12-7-3-6-11(12)13-8-4-9-15(19(22)23)18(13)21-17/h1-6,8-12,17,21H,7H2,(H,22,23)/p-1/t11-,12-,17+/m1/s1. The SMILES string of the molecule is O=C([O-])c1cccc2c1N[C@H](c1ccccc1Br)[C@@H]1CC=C[C@@H]21. The van der Waals surface area contributed by atoms with Crippen LogP contribution in [0.5, 0.6) is 0 Å². The quantitative estimate of drug-likeness (QED) is 0.823. The molecule has 116 valence electrons. The summed E-state index contributed by atoms with van der Waals surface area (Å²) in [5, 5.41) is 15.0. The Kier molecular flexibility index (Phi) is 3.49. The number of aromatic carboxylic acids is 1. The number of benzene rings is 2. The number of para-hydroxylation sites is 1. The molecule has 0 spiro atoms. The van der Waals surface area contributed by atoms with Gasteiger partial charge in [-0.3, -0.25) is 0 Å². The van der Waals surface area contributed by atoms with Crippen LogP contribution in [0.4, 0.5) is 5.69 Å². The largest absolute Gasteiger partial charge is 0.545 e. The van der Waals surface area contributed by atoms with Crippen molar-refractivity contribution in [2.75, 3.05) is 5.32 Å². The Morgan fingerprint density at radius 1 is 1.13 bits per heavy atom. The molecule has 1 N–H and O–H groups in total. The average Bonchev–Trinajstić information content (AvgIpc) is 3.04. The molecule has 2 aromatic rings. The zero-order valence-electron chi connectivity index (χ0n) is 12.3. The minimum Gasteiger partial charge on any atom is -0.545 e. The number of carboxylic acids is 1. The molecule has 0 unspecified atom stereocenters. The highest BCUT2D eigenvalue weighted by atomic mass is 79.9. The number of fused-ring (bicyclic) bond motifs is 3. The first-order chi connectivity index (χ1) is 11.2. The van der Waals surface area contributed by atoms with Gasteiger partial charge in [0.1, 0.15) is 0 Å². The van der Waals surface area contributed by atoms with E-state index in [2.05, 4.69) is 39.5 Å². The Bertz CT molecular complexity index is 815. The fraction of sp³-hybridized carbons (Fsp3) is 0.211. The van der Waals surface area contributed by atoms with Gasteiger partial charge in [-0.1, -0.05) is 64.5 Å². The van der Waals surface area contributed by atoms with Gasteiger partial charge in [0.25, 0.3) is 0 Å². The molecular formula is C19H15BrNO2-. The summed E-state index contributed by atoms with van der Waals surface area (Å²) in [6, 6.07) is 13.6. The highest BCUT2D eigenvalue weighted by molar-refractivity contribution is 9.10. The summed E-state index contributed by atoms with van der Waals surface area (Å²) in [6.07, 6.45) is 5.38. The Hall–Kier alpha value is -2.07. The van der Waals surface area contributed by atoms with E-state index in [-0.39, 0.29) is 17.5 Å². The number of carboxylic acid groups (broad SMARTS) is 1. The van der Waals surface area contributed by atoms with Gasteiger partial charge >= 0.3 is 0 Å². The summed E-state index contributed by atoms with van der Waals surface area (Å²) in [5.41, 5.74) is 3.14. The highest BCUT2D eigenvalue weighted by Crippen LogP contribution is 2.51. The third-order valence-corrected chi connectivity index (χ3v) is 5.58. The monoisotopic (exact) mass is 368 g/mol. The van der Waals surface area contributed by atoms with Crippen molar-refractivity contribution in [3.05, 3.63) is 75.8 Å². The van der Waals surface area contributed by atoms with Crippen LogP contribution in [0, 0.1) is 5.92 Å². The fourth-order valence-corrected chi connectivity index (χ4v) is 4.36. The van der Waals surface area contributed by atoms with Crippen LogP contribution in [0.25, 0.3) is 0 Å². The van der Waals surface area contributed by atoms with Gasteiger partial charge in [-0.15, -0.1) is 0 Å². The number of halogens is 1. The van der Waals surface area contributed by atoms with Gasteiger partial charge in [0.2, 0.25) is 0 Å².